The Morgan fingerprint density at radius 2 is 1.73 bits per heavy atom. The number of methoxy groups -OCH3 is 1. The van der Waals surface area contributed by atoms with Crippen LogP contribution >= 0.6 is 0 Å². The van der Waals surface area contributed by atoms with Gasteiger partial charge in [-0.25, -0.2) is 0 Å². The van der Waals surface area contributed by atoms with E-state index in [-0.39, 0.29) is 11.8 Å². The van der Waals surface area contributed by atoms with E-state index in [0.29, 0.717) is 45.6 Å². The molecule has 2 amide bonds. The number of carbonyl (C=O) groups is 2. The minimum absolute atomic E-state index is 0.0142. The van der Waals surface area contributed by atoms with Crippen LogP contribution in [0.25, 0.3) is 0 Å². The number of para-hydroxylation sites is 1. The number of nitrogens with one attached hydrogen (secondary N) is 1. The number of nitrogens with zero attached hydrogens (tertiary/aromatic N) is 2. The van der Waals surface area contributed by atoms with Crippen molar-refractivity contribution in [3.8, 4) is 5.75 Å². The lowest BCUT2D eigenvalue weighted by Crippen LogP contribution is -2.50. The first kappa shape index (κ1) is 21.8. The fourth-order valence-corrected chi connectivity index (χ4v) is 3.74. The largest absolute Gasteiger partial charge is 0.496 e. The van der Waals surface area contributed by atoms with Gasteiger partial charge in [-0.05, 0) is 49.1 Å². The smallest absolute Gasteiger partial charge is 0.238 e. The second-order valence-corrected chi connectivity index (χ2v) is 7.76. The van der Waals surface area contributed by atoms with Crippen LogP contribution in [-0.4, -0.2) is 61.4 Å². The highest BCUT2D eigenvalue weighted by Gasteiger charge is 2.22. The number of piperazine rings is 1. The van der Waals surface area contributed by atoms with Gasteiger partial charge in [0.05, 0.1) is 13.7 Å². The van der Waals surface area contributed by atoms with Crippen molar-refractivity contribution in [3.63, 3.8) is 0 Å². The van der Waals surface area contributed by atoms with Gasteiger partial charge in [0.15, 0.2) is 0 Å². The molecule has 2 aromatic carbocycles. The highest BCUT2D eigenvalue weighted by molar-refractivity contribution is 5.93. The molecular weight excluding hydrogens is 378 g/mol. The molecule has 0 spiro atoms. The van der Waals surface area contributed by atoms with Crippen molar-refractivity contribution in [2.24, 2.45) is 0 Å². The predicted molar refractivity (Wildman–Crippen MR) is 119 cm³/mol. The summed E-state index contributed by atoms with van der Waals surface area (Å²) in [6.45, 7) is 7.12. The number of hydrogen-bond donors (Lipinski definition) is 1. The van der Waals surface area contributed by atoms with Crippen molar-refractivity contribution >= 4 is 17.5 Å². The topological polar surface area (TPSA) is 61.9 Å². The van der Waals surface area contributed by atoms with Gasteiger partial charge in [0.25, 0.3) is 0 Å². The van der Waals surface area contributed by atoms with E-state index in [9.17, 15) is 9.59 Å². The maximum absolute atomic E-state index is 12.6. The van der Waals surface area contributed by atoms with E-state index in [1.54, 1.807) is 7.11 Å². The first-order valence-corrected chi connectivity index (χ1v) is 10.5. The van der Waals surface area contributed by atoms with Crippen LogP contribution in [-0.2, 0) is 16.0 Å². The van der Waals surface area contributed by atoms with Gasteiger partial charge in [-0.1, -0.05) is 30.3 Å². The number of ether oxygens (including phenoxy) is 1. The maximum atomic E-state index is 12.6. The Morgan fingerprint density at radius 1 is 1.00 bits per heavy atom. The summed E-state index contributed by atoms with van der Waals surface area (Å²) in [4.78, 5) is 29.0. The molecule has 6 heteroatoms. The summed E-state index contributed by atoms with van der Waals surface area (Å²) in [6, 6.07) is 13.7. The molecule has 0 saturated carbocycles. The average molecular weight is 410 g/mol. The van der Waals surface area contributed by atoms with E-state index >= 15 is 0 Å². The van der Waals surface area contributed by atoms with E-state index in [4.69, 9.17) is 4.74 Å². The molecule has 1 fully saturated rings. The number of benzene rings is 2. The third kappa shape index (κ3) is 5.60. The molecule has 3 rings (SSSR count). The second kappa shape index (κ2) is 10.3. The first-order chi connectivity index (χ1) is 14.5. The number of anilines is 1. The molecule has 0 bridgehead atoms. The van der Waals surface area contributed by atoms with Crippen LogP contribution in [0.3, 0.4) is 0 Å². The van der Waals surface area contributed by atoms with Crippen LogP contribution in [0.4, 0.5) is 5.69 Å². The molecule has 1 saturated heterocycles. The SMILES string of the molecule is COc1ccccc1CCC(=O)N1CCN(CC(=O)Nc2cccc(C)c2C)CC1. The van der Waals surface area contributed by atoms with Crippen molar-refractivity contribution in [2.45, 2.75) is 26.7 Å². The third-order valence-electron chi connectivity index (χ3n) is 5.77. The van der Waals surface area contributed by atoms with Crippen molar-refractivity contribution < 1.29 is 14.3 Å². The summed E-state index contributed by atoms with van der Waals surface area (Å²) in [5.41, 5.74) is 4.17. The Bertz CT molecular complexity index is 889. The van der Waals surface area contributed by atoms with Crippen LogP contribution < -0.4 is 10.1 Å². The molecule has 1 heterocycles. The van der Waals surface area contributed by atoms with Crippen molar-refractivity contribution in [2.75, 3.05) is 45.2 Å². The Morgan fingerprint density at radius 3 is 2.47 bits per heavy atom. The van der Waals surface area contributed by atoms with Gasteiger partial charge in [0.1, 0.15) is 5.75 Å². The molecule has 0 unspecified atom stereocenters. The summed E-state index contributed by atoms with van der Waals surface area (Å²) < 4.78 is 5.36. The van der Waals surface area contributed by atoms with Crippen LogP contribution in [0.5, 0.6) is 5.75 Å². The third-order valence-corrected chi connectivity index (χ3v) is 5.77. The number of rotatable bonds is 7. The molecular formula is C24H31N3O3. The summed E-state index contributed by atoms with van der Waals surface area (Å²) in [5.74, 6) is 0.963. The lowest BCUT2D eigenvalue weighted by Gasteiger charge is -2.34. The Balaban J connectivity index is 1.43. The van der Waals surface area contributed by atoms with Gasteiger partial charge in [-0.2, -0.15) is 0 Å². The Labute approximate surface area is 178 Å². The lowest BCUT2D eigenvalue weighted by molar-refractivity contribution is -0.133. The maximum Gasteiger partial charge on any atom is 0.238 e. The van der Waals surface area contributed by atoms with E-state index < -0.39 is 0 Å². The van der Waals surface area contributed by atoms with Crippen molar-refractivity contribution in [3.05, 3.63) is 59.2 Å². The number of aryl methyl sites for hydroxylation is 2. The highest BCUT2D eigenvalue weighted by atomic mass is 16.5. The number of carbonyl (C=O) groups excluding carboxylic acids is 2. The normalized spacial score (nSPS) is 14.4. The average Bonchev–Trinajstić information content (AvgIpc) is 2.76. The zero-order chi connectivity index (χ0) is 21.5. The second-order valence-electron chi connectivity index (χ2n) is 7.76. The first-order valence-electron chi connectivity index (χ1n) is 10.5. The quantitative estimate of drug-likeness (QED) is 0.764. The minimum atomic E-state index is -0.0142. The monoisotopic (exact) mass is 409 g/mol. The van der Waals surface area contributed by atoms with Crippen LogP contribution in [0.15, 0.2) is 42.5 Å². The highest BCUT2D eigenvalue weighted by Crippen LogP contribution is 2.20. The fourth-order valence-electron chi connectivity index (χ4n) is 3.74. The predicted octanol–water partition coefficient (Wildman–Crippen LogP) is 3.03. The zero-order valence-electron chi connectivity index (χ0n) is 18.1. The van der Waals surface area contributed by atoms with Gasteiger partial charge >= 0.3 is 0 Å². The molecule has 30 heavy (non-hydrogen) atoms. The molecule has 0 aliphatic carbocycles. The summed E-state index contributed by atoms with van der Waals surface area (Å²) in [6.07, 6.45) is 1.13. The molecule has 1 aliphatic rings. The lowest BCUT2D eigenvalue weighted by atomic mass is 10.1. The zero-order valence-corrected chi connectivity index (χ0v) is 18.1. The number of amides is 2. The molecule has 1 aliphatic heterocycles. The van der Waals surface area contributed by atoms with Crippen LogP contribution in [0.2, 0.25) is 0 Å². The molecule has 1 N–H and O–H groups in total. The molecule has 0 aromatic heterocycles. The Hall–Kier alpha value is -2.86. The molecule has 160 valence electrons. The molecule has 2 aromatic rings. The van der Waals surface area contributed by atoms with Gasteiger partial charge in [0.2, 0.25) is 11.8 Å². The standard InChI is InChI=1S/C24H31N3O3/c1-18-7-6-9-21(19(18)2)25-23(28)17-26-13-15-27(16-14-26)24(29)12-11-20-8-4-5-10-22(20)30-3/h4-10H,11-17H2,1-3H3,(H,25,28). The minimum Gasteiger partial charge on any atom is -0.496 e. The van der Waals surface area contributed by atoms with Gasteiger partial charge < -0.3 is 15.0 Å². The summed E-state index contributed by atoms with van der Waals surface area (Å²) in [5, 5.41) is 3.01. The van der Waals surface area contributed by atoms with E-state index in [1.165, 1.54) is 0 Å². The molecule has 6 nitrogen and oxygen atoms in total. The van der Waals surface area contributed by atoms with Crippen LogP contribution in [0, 0.1) is 13.8 Å². The van der Waals surface area contributed by atoms with Crippen molar-refractivity contribution in [1.82, 2.24) is 9.80 Å². The molecule has 0 radical (unpaired) electrons. The van der Waals surface area contributed by atoms with E-state index in [2.05, 4.69) is 10.2 Å². The van der Waals surface area contributed by atoms with Gasteiger partial charge in [-0.3, -0.25) is 14.5 Å². The Kier molecular flexibility index (Phi) is 7.46. The van der Waals surface area contributed by atoms with Gasteiger partial charge in [-0.15, -0.1) is 0 Å². The summed E-state index contributed by atoms with van der Waals surface area (Å²) in [7, 11) is 1.65. The summed E-state index contributed by atoms with van der Waals surface area (Å²) >= 11 is 0. The van der Waals surface area contributed by atoms with Crippen LogP contribution in [0.1, 0.15) is 23.1 Å². The van der Waals surface area contributed by atoms with Gasteiger partial charge in [0, 0.05) is 38.3 Å². The van der Waals surface area contributed by atoms with Crippen molar-refractivity contribution in [1.29, 1.82) is 0 Å². The number of hydrogen-bond acceptors (Lipinski definition) is 4. The molecule has 0 atom stereocenters. The van der Waals surface area contributed by atoms with E-state index in [1.807, 2.05) is 61.2 Å². The van der Waals surface area contributed by atoms with E-state index in [0.717, 1.165) is 28.1 Å². The fraction of sp³-hybridized carbons (Fsp3) is 0.417.